The number of benzene rings is 2. The molecule has 236 valence electrons. The Hall–Kier alpha value is -4.94. The molecular formula is C31H40N6O7. The highest BCUT2D eigenvalue weighted by molar-refractivity contribution is 5.69. The van der Waals surface area contributed by atoms with E-state index in [2.05, 4.69) is 25.9 Å². The summed E-state index contributed by atoms with van der Waals surface area (Å²) in [4.78, 5) is 42.7. The molecule has 3 rings (SSSR count). The zero-order valence-corrected chi connectivity index (χ0v) is 25.6. The first-order valence-electron chi connectivity index (χ1n) is 14.5. The van der Waals surface area contributed by atoms with Crippen molar-refractivity contribution < 1.29 is 28.7 Å². The lowest BCUT2D eigenvalue weighted by molar-refractivity contribution is -0.384. The van der Waals surface area contributed by atoms with E-state index in [1.54, 1.807) is 31.2 Å². The van der Waals surface area contributed by atoms with Gasteiger partial charge in [0.15, 0.2) is 0 Å². The molecular weight excluding hydrogens is 568 g/mol. The second-order valence-electron chi connectivity index (χ2n) is 10.8. The first kappa shape index (κ1) is 33.6. The van der Waals surface area contributed by atoms with Crippen molar-refractivity contribution in [3.63, 3.8) is 0 Å². The van der Waals surface area contributed by atoms with Gasteiger partial charge in [0.05, 0.1) is 18.1 Å². The number of hydrogen-bond donors (Lipinski definition) is 3. The molecule has 0 unspecified atom stereocenters. The van der Waals surface area contributed by atoms with Crippen LogP contribution in [0.3, 0.4) is 0 Å². The Bertz CT molecular complexity index is 1380. The Morgan fingerprint density at radius 2 is 1.64 bits per heavy atom. The van der Waals surface area contributed by atoms with Gasteiger partial charge in [0.25, 0.3) is 0 Å². The number of aromatic nitrogens is 2. The third-order valence-electron chi connectivity index (χ3n) is 5.95. The molecule has 13 heteroatoms. The number of nitrogens with one attached hydrogen (secondary N) is 3. The van der Waals surface area contributed by atoms with Crippen molar-refractivity contribution >= 4 is 40.9 Å². The number of ether oxygens (including phenoxy) is 3. The highest BCUT2D eigenvalue weighted by Gasteiger charge is 2.18. The summed E-state index contributed by atoms with van der Waals surface area (Å²) in [5, 5.41) is 20.4. The molecule has 1 aromatic heterocycles. The molecule has 0 bridgehead atoms. The smallest absolute Gasteiger partial charge is 0.407 e. The first-order chi connectivity index (χ1) is 21.0. The van der Waals surface area contributed by atoms with E-state index in [0.717, 1.165) is 24.6 Å². The Balaban J connectivity index is 1.51. The minimum atomic E-state index is -0.549. The third kappa shape index (κ3) is 12.1. The van der Waals surface area contributed by atoms with Crippen molar-refractivity contribution in [3.8, 4) is 5.75 Å². The lowest BCUT2D eigenvalue weighted by Gasteiger charge is -2.19. The van der Waals surface area contributed by atoms with Crippen LogP contribution in [0.4, 0.5) is 33.6 Å². The van der Waals surface area contributed by atoms with Gasteiger partial charge < -0.3 is 30.2 Å². The lowest BCUT2D eigenvalue weighted by Crippen LogP contribution is -2.33. The fraction of sp³-hybridized carbons (Fsp3) is 0.419. The summed E-state index contributed by atoms with van der Waals surface area (Å²) in [6.07, 6.45) is 3.96. The number of nitro groups is 1. The zero-order valence-electron chi connectivity index (χ0n) is 25.6. The molecule has 13 nitrogen and oxygen atoms in total. The third-order valence-corrected chi connectivity index (χ3v) is 5.95. The largest absolute Gasteiger partial charge is 0.494 e. The molecule has 3 N–H and O–H groups in total. The first-order valence-corrected chi connectivity index (χ1v) is 14.5. The molecule has 0 atom stereocenters. The van der Waals surface area contributed by atoms with E-state index >= 15 is 0 Å². The Kier molecular flexibility index (Phi) is 12.7. The molecule has 0 saturated heterocycles. The number of anilines is 4. The summed E-state index contributed by atoms with van der Waals surface area (Å²) in [6, 6.07) is 14.6. The number of alkyl carbamates (subject to hydrolysis) is 1. The molecule has 0 aliphatic heterocycles. The summed E-state index contributed by atoms with van der Waals surface area (Å²) in [6.45, 7) is 8.55. The van der Waals surface area contributed by atoms with Crippen LogP contribution in [0, 0.1) is 10.1 Å². The standard InChI is InChI=1S/C31H40N6O7/c1-5-42-27(38)10-6-7-20-43-25-17-15-23(16-18-25)34-28-26(37(40)41)21-33-29(36-28)35-24-13-11-22(12-14-24)9-8-19-32-30(39)44-31(2,3)4/h11-18,21H,5-10,19-20H2,1-4H3,(H,32,39)(H2,33,34,35,36). The Morgan fingerprint density at radius 3 is 2.30 bits per heavy atom. The van der Waals surface area contributed by atoms with Crippen molar-refractivity contribution in [2.45, 2.75) is 65.4 Å². The van der Waals surface area contributed by atoms with Gasteiger partial charge in [0.2, 0.25) is 11.8 Å². The molecule has 0 spiro atoms. The Labute approximate surface area is 256 Å². The van der Waals surface area contributed by atoms with E-state index in [1.165, 1.54) is 0 Å². The number of hydrogen-bond acceptors (Lipinski definition) is 11. The van der Waals surface area contributed by atoms with E-state index in [4.69, 9.17) is 14.2 Å². The molecule has 1 amide bonds. The maximum atomic E-state index is 11.8. The van der Waals surface area contributed by atoms with Crippen LogP contribution in [0.2, 0.25) is 0 Å². The van der Waals surface area contributed by atoms with Gasteiger partial charge in [-0.1, -0.05) is 12.1 Å². The van der Waals surface area contributed by atoms with Gasteiger partial charge in [-0.15, -0.1) is 0 Å². The molecule has 0 aliphatic rings. The molecule has 1 heterocycles. The molecule has 3 aromatic rings. The summed E-state index contributed by atoms with van der Waals surface area (Å²) in [5.74, 6) is 0.648. The predicted octanol–water partition coefficient (Wildman–Crippen LogP) is 6.44. The van der Waals surface area contributed by atoms with Crippen LogP contribution in [0.1, 0.15) is 58.9 Å². The van der Waals surface area contributed by atoms with Crippen LogP contribution in [-0.2, 0) is 20.7 Å². The summed E-state index contributed by atoms with van der Waals surface area (Å²) in [5.41, 5.74) is 1.57. The van der Waals surface area contributed by atoms with Crippen molar-refractivity contribution in [2.24, 2.45) is 0 Å². The number of aryl methyl sites for hydroxylation is 1. The topological polar surface area (TPSA) is 167 Å². The average molecular weight is 609 g/mol. The fourth-order valence-electron chi connectivity index (χ4n) is 3.91. The Morgan fingerprint density at radius 1 is 0.955 bits per heavy atom. The van der Waals surface area contributed by atoms with Crippen LogP contribution in [0.5, 0.6) is 5.75 Å². The fourth-order valence-corrected chi connectivity index (χ4v) is 3.91. The highest BCUT2D eigenvalue weighted by atomic mass is 16.6. The van der Waals surface area contributed by atoms with Gasteiger partial charge in [0, 0.05) is 24.3 Å². The van der Waals surface area contributed by atoms with Crippen molar-refractivity contribution in [2.75, 3.05) is 30.4 Å². The summed E-state index contributed by atoms with van der Waals surface area (Å²) >= 11 is 0. The van der Waals surface area contributed by atoms with Crippen LogP contribution in [0.25, 0.3) is 0 Å². The van der Waals surface area contributed by atoms with Crippen LogP contribution in [-0.4, -0.2) is 52.3 Å². The van der Waals surface area contributed by atoms with Crippen LogP contribution in [0.15, 0.2) is 54.7 Å². The highest BCUT2D eigenvalue weighted by Crippen LogP contribution is 2.28. The zero-order chi connectivity index (χ0) is 32.0. The second-order valence-corrected chi connectivity index (χ2v) is 10.8. The van der Waals surface area contributed by atoms with E-state index < -0.39 is 16.6 Å². The van der Waals surface area contributed by atoms with Crippen molar-refractivity contribution in [1.82, 2.24) is 15.3 Å². The number of amides is 1. The van der Waals surface area contributed by atoms with Crippen LogP contribution < -0.4 is 20.7 Å². The summed E-state index contributed by atoms with van der Waals surface area (Å²) in [7, 11) is 0. The number of carbonyl (C=O) groups is 2. The maximum Gasteiger partial charge on any atom is 0.407 e. The van der Waals surface area contributed by atoms with E-state index in [9.17, 15) is 19.7 Å². The minimum absolute atomic E-state index is 0.0363. The second kappa shape index (κ2) is 16.6. The van der Waals surface area contributed by atoms with Crippen molar-refractivity contribution in [1.29, 1.82) is 0 Å². The predicted molar refractivity (Wildman–Crippen MR) is 167 cm³/mol. The van der Waals surface area contributed by atoms with Crippen molar-refractivity contribution in [3.05, 3.63) is 70.4 Å². The number of esters is 1. The number of carbonyl (C=O) groups excluding carboxylic acids is 2. The number of unbranched alkanes of at least 4 members (excludes halogenated alkanes) is 1. The molecule has 0 saturated carbocycles. The average Bonchev–Trinajstić information content (AvgIpc) is 2.96. The van der Waals surface area contributed by atoms with Gasteiger partial charge in [-0.25, -0.2) is 9.78 Å². The summed E-state index contributed by atoms with van der Waals surface area (Å²) < 4.78 is 15.9. The van der Waals surface area contributed by atoms with E-state index in [1.807, 2.05) is 45.0 Å². The molecule has 0 aliphatic carbocycles. The molecule has 0 radical (unpaired) electrons. The SMILES string of the molecule is CCOC(=O)CCCCOc1ccc(Nc2nc(Nc3ccc(CCCNC(=O)OC(C)(C)C)cc3)ncc2[N+](=O)[O-])cc1. The minimum Gasteiger partial charge on any atom is -0.494 e. The normalized spacial score (nSPS) is 10.9. The van der Waals surface area contributed by atoms with Gasteiger partial charge >= 0.3 is 17.7 Å². The molecule has 44 heavy (non-hydrogen) atoms. The molecule has 2 aromatic carbocycles. The monoisotopic (exact) mass is 608 g/mol. The van der Waals surface area contributed by atoms with Gasteiger partial charge in [-0.05, 0) is 95.3 Å². The van der Waals surface area contributed by atoms with Gasteiger partial charge in [-0.2, -0.15) is 4.98 Å². The molecule has 0 fully saturated rings. The maximum absolute atomic E-state index is 11.8. The van der Waals surface area contributed by atoms with Crippen LogP contribution >= 0.6 is 0 Å². The number of nitrogens with zero attached hydrogens (tertiary/aromatic N) is 3. The lowest BCUT2D eigenvalue weighted by atomic mass is 10.1. The number of rotatable bonds is 16. The van der Waals surface area contributed by atoms with Gasteiger partial charge in [-0.3, -0.25) is 14.9 Å². The van der Waals surface area contributed by atoms with E-state index in [0.29, 0.717) is 56.1 Å². The quantitative estimate of drug-likeness (QED) is 0.0708. The van der Waals surface area contributed by atoms with E-state index in [-0.39, 0.29) is 23.4 Å². The van der Waals surface area contributed by atoms with Gasteiger partial charge in [0.1, 0.15) is 17.5 Å².